The second kappa shape index (κ2) is 8.40. The molecule has 3 unspecified atom stereocenters. The molecule has 1 saturated carbocycles. The highest BCUT2D eigenvalue weighted by molar-refractivity contribution is 5.82. The van der Waals surface area contributed by atoms with Crippen molar-refractivity contribution in [2.45, 2.75) is 58.3 Å². The summed E-state index contributed by atoms with van der Waals surface area (Å²) < 4.78 is 0. The minimum Gasteiger partial charge on any atom is -0.481 e. The Labute approximate surface area is 155 Å². The van der Waals surface area contributed by atoms with E-state index in [0.717, 1.165) is 45.2 Å². The molecule has 0 aromatic rings. The van der Waals surface area contributed by atoms with Crippen molar-refractivity contribution in [1.82, 2.24) is 9.80 Å². The van der Waals surface area contributed by atoms with Gasteiger partial charge in [0.25, 0.3) is 0 Å². The van der Waals surface area contributed by atoms with Crippen molar-refractivity contribution >= 4 is 17.8 Å². The summed E-state index contributed by atoms with van der Waals surface area (Å²) in [5, 5.41) is 9.22. The molecule has 3 aliphatic rings. The molecule has 3 fully saturated rings. The Hall–Kier alpha value is -1.59. The summed E-state index contributed by atoms with van der Waals surface area (Å²) in [6.07, 6.45) is 6.55. The number of hydrogen-bond donors (Lipinski definition) is 1. The van der Waals surface area contributed by atoms with Gasteiger partial charge in [-0.1, -0.05) is 13.3 Å². The van der Waals surface area contributed by atoms with Gasteiger partial charge in [0.05, 0.1) is 5.92 Å². The minimum atomic E-state index is -0.775. The van der Waals surface area contributed by atoms with E-state index in [1.807, 2.05) is 9.80 Å². The van der Waals surface area contributed by atoms with E-state index in [1.165, 1.54) is 6.42 Å². The van der Waals surface area contributed by atoms with Crippen LogP contribution in [0.1, 0.15) is 58.3 Å². The first-order valence-electron chi connectivity index (χ1n) is 10.3. The van der Waals surface area contributed by atoms with Crippen molar-refractivity contribution in [2.24, 2.45) is 23.7 Å². The highest BCUT2D eigenvalue weighted by Crippen LogP contribution is 2.32. The Morgan fingerprint density at radius 3 is 2.08 bits per heavy atom. The Morgan fingerprint density at radius 2 is 1.42 bits per heavy atom. The van der Waals surface area contributed by atoms with Crippen LogP contribution in [-0.4, -0.2) is 58.9 Å². The maximum absolute atomic E-state index is 12.8. The van der Waals surface area contributed by atoms with E-state index in [2.05, 4.69) is 6.92 Å². The smallest absolute Gasteiger partial charge is 0.306 e. The standard InChI is InChI=1S/C20H32N2O4/c1-14-4-3-9-22(13-14)18(23)15-7-10-21(11-8-15)19(24)16-5-2-6-17(12-16)20(25)26/h14-17H,2-13H2,1H3,(H,25,26). The highest BCUT2D eigenvalue weighted by atomic mass is 16.4. The van der Waals surface area contributed by atoms with Gasteiger partial charge in [-0.05, 0) is 50.9 Å². The molecule has 26 heavy (non-hydrogen) atoms. The monoisotopic (exact) mass is 364 g/mol. The Morgan fingerprint density at radius 1 is 0.769 bits per heavy atom. The molecule has 2 saturated heterocycles. The first-order valence-corrected chi connectivity index (χ1v) is 10.3. The number of carboxylic acids is 1. The van der Waals surface area contributed by atoms with E-state index in [-0.39, 0.29) is 29.6 Å². The summed E-state index contributed by atoms with van der Waals surface area (Å²) in [5.41, 5.74) is 0. The van der Waals surface area contributed by atoms with Crippen LogP contribution in [-0.2, 0) is 14.4 Å². The van der Waals surface area contributed by atoms with Crippen molar-refractivity contribution in [2.75, 3.05) is 26.2 Å². The molecule has 0 radical (unpaired) electrons. The first kappa shape index (κ1) is 19.2. The molecule has 6 heteroatoms. The first-order chi connectivity index (χ1) is 12.5. The number of carbonyl (C=O) groups is 3. The molecule has 1 N–H and O–H groups in total. The molecule has 2 amide bonds. The lowest BCUT2D eigenvalue weighted by Gasteiger charge is -2.38. The van der Waals surface area contributed by atoms with E-state index in [0.29, 0.717) is 31.8 Å². The number of piperidine rings is 2. The van der Waals surface area contributed by atoms with Crippen molar-refractivity contribution in [3.63, 3.8) is 0 Å². The van der Waals surface area contributed by atoms with Gasteiger partial charge in [-0.25, -0.2) is 0 Å². The van der Waals surface area contributed by atoms with Gasteiger partial charge in [0.15, 0.2) is 0 Å². The molecule has 3 atom stereocenters. The molecule has 0 bridgehead atoms. The van der Waals surface area contributed by atoms with E-state index >= 15 is 0 Å². The van der Waals surface area contributed by atoms with Crippen LogP contribution >= 0.6 is 0 Å². The highest BCUT2D eigenvalue weighted by Gasteiger charge is 2.36. The molecule has 3 rings (SSSR count). The van der Waals surface area contributed by atoms with Gasteiger partial charge in [0.1, 0.15) is 0 Å². The number of rotatable bonds is 3. The number of hydrogen-bond acceptors (Lipinski definition) is 3. The van der Waals surface area contributed by atoms with Gasteiger partial charge in [-0.3, -0.25) is 14.4 Å². The van der Waals surface area contributed by atoms with Crippen molar-refractivity contribution in [3.8, 4) is 0 Å². The van der Waals surface area contributed by atoms with Gasteiger partial charge in [0, 0.05) is 38.0 Å². The van der Waals surface area contributed by atoms with E-state index in [1.54, 1.807) is 0 Å². The molecule has 1 aliphatic carbocycles. The van der Waals surface area contributed by atoms with Crippen LogP contribution in [0.2, 0.25) is 0 Å². The lowest BCUT2D eigenvalue weighted by molar-refractivity contribution is -0.147. The third-order valence-electron chi connectivity index (χ3n) is 6.50. The zero-order valence-corrected chi connectivity index (χ0v) is 15.9. The number of likely N-dealkylation sites (tertiary alicyclic amines) is 2. The summed E-state index contributed by atoms with van der Waals surface area (Å²) in [6.45, 7) is 5.21. The third kappa shape index (κ3) is 4.38. The third-order valence-corrected chi connectivity index (χ3v) is 6.50. The summed E-state index contributed by atoms with van der Waals surface area (Å²) in [6, 6.07) is 0. The van der Waals surface area contributed by atoms with Crippen LogP contribution in [0.3, 0.4) is 0 Å². The zero-order valence-electron chi connectivity index (χ0n) is 15.9. The van der Waals surface area contributed by atoms with E-state index < -0.39 is 5.97 Å². The topological polar surface area (TPSA) is 77.9 Å². The zero-order chi connectivity index (χ0) is 18.7. The van der Waals surface area contributed by atoms with Crippen LogP contribution in [0.15, 0.2) is 0 Å². The second-order valence-corrected chi connectivity index (χ2v) is 8.53. The molecular weight excluding hydrogens is 332 g/mol. The largest absolute Gasteiger partial charge is 0.481 e. The molecule has 6 nitrogen and oxygen atoms in total. The molecule has 0 spiro atoms. The number of amides is 2. The Kier molecular flexibility index (Phi) is 6.20. The molecule has 2 aliphatic heterocycles. The Bertz CT molecular complexity index is 542. The maximum Gasteiger partial charge on any atom is 0.306 e. The Balaban J connectivity index is 1.49. The van der Waals surface area contributed by atoms with Crippen molar-refractivity contribution in [3.05, 3.63) is 0 Å². The van der Waals surface area contributed by atoms with E-state index in [4.69, 9.17) is 0 Å². The summed E-state index contributed by atoms with van der Waals surface area (Å²) in [4.78, 5) is 40.7. The fraction of sp³-hybridized carbons (Fsp3) is 0.850. The maximum atomic E-state index is 12.8. The number of carbonyl (C=O) groups excluding carboxylic acids is 2. The number of aliphatic carboxylic acids is 1. The fourth-order valence-electron chi connectivity index (χ4n) is 4.89. The van der Waals surface area contributed by atoms with Crippen LogP contribution in [0.25, 0.3) is 0 Å². The molecule has 146 valence electrons. The van der Waals surface area contributed by atoms with E-state index in [9.17, 15) is 19.5 Å². The van der Waals surface area contributed by atoms with Gasteiger partial charge in [0.2, 0.25) is 11.8 Å². The van der Waals surface area contributed by atoms with Gasteiger partial charge in [-0.2, -0.15) is 0 Å². The molecule has 0 aromatic heterocycles. The van der Waals surface area contributed by atoms with Crippen molar-refractivity contribution < 1.29 is 19.5 Å². The predicted molar refractivity (Wildman–Crippen MR) is 97.4 cm³/mol. The van der Waals surface area contributed by atoms with Gasteiger partial charge < -0.3 is 14.9 Å². The summed E-state index contributed by atoms with van der Waals surface area (Å²) in [7, 11) is 0. The molecule has 2 heterocycles. The van der Waals surface area contributed by atoms with Gasteiger partial charge in [-0.15, -0.1) is 0 Å². The van der Waals surface area contributed by atoms with Crippen LogP contribution in [0.4, 0.5) is 0 Å². The number of nitrogens with zero attached hydrogens (tertiary/aromatic N) is 2. The predicted octanol–water partition coefficient (Wildman–Crippen LogP) is 2.37. The average molecular weight is 364 g/mol. The quantitative estimate of drug-likeness (QED) is 0.834. The minimum absolute atomic E-state index is 0.0440. The average Bonchev–Trinajstić information content (AvgIpc) is 2.67. The summed E-state index contributed by atoms with van der Waals surface area (Å²) >= 11 is 0. The lowest BCUT2D eigenvalue weighted by atomic mass is 9.80. The van der Waals surface area contributed by atoms with Crippen LogP contribution in [0, 0.1) is 23.7 Å². The second-order valence-electron chi connectivity index (χ2n) is 8.53. The fourth-order valence-corrected chi connectivity index (χ4v) is 4.89. The van der Waals surface area contributed by atoms with Crippen LogP contribution in [0.5, 0.6) is 0 Å². The number of carboxylic acid groups (broad SMARTS) is 1. The normalized spacial score (nSPS) is 30.9. The van der Waals surface area contributed by atoms with Gasteiger partial charge >= 0.3 is 5.97 Å². The molecular formula is C20H32N2O4. The molecule has 0 aromatic carbocycles. The SMILES string of the molecule is CC1CCCN(C(=O)C2CCN(C(=O)C3CCCC(C(=O)O)C3)CC2)C1. The summed E-state index contributed by atoms with van der Waals surface area (Å²) in [5.74, 6) is -0.299. The van der Waals surface area contributed by atoms with Crippen LogP contribution < -0.4 is 0 Å². The van der Waals surface area contributed by atoms with Crippen molar-refractivity contribution in [1.29, 1.82) is 0 Å². The lowest BCUT2D eigenvalue weighted by Crippen LogP contribution is -2.48.